The third kappa shape index (κ3) is 8.56. The van der Waals surface area contributed by atoms with E-state index in [9.17, 15) is 13.6 Å². The van der Waals surface area contributed by atoms with Crippen LogP contribution in [-0.2, 0) is 6.54 Å². The molecular formula is C18H23ClF2IN5O2S. The van der Waals surface area contributed by atoms with Crippen molar-refractivity contribution in [3.63, 3.8) is 0 Å². The van der Waals surface area contributed by atoms with Gasteiger partial charge in [0, 0.05) is 30.2 Å². The Bertz CT molecular complexity index is 854. The van der Waals surface area contributed by atoms with Gasteiger partial charge in [0.2, 0.25) is 0 Å². The second-order valence-electron chi connectivity index (χ2n) is 5.78. The van der Waals surface area contributed by atoms with Crippen LogP contribution in [0.1, 0.15) is 27.9 Å². The lowest BCUT2D eigenvalue weighted by molar-refractivity contribution is -0.0504. The lowest BCUT2D eigenvalue weighted by Crippen LogP contribution is -2.41. The number of aliphatic imine (C=N–C) groups is 1. The van der Waals surface area contributed by atoms with Crippen molar-refractivity contribution in [3.05, 3.63) is 44.9 Å². The SMILES string of the molecule is CCNC(=NCc1cc(Cl)ccc1OC(F)F)NCCNC(=O)c1scnc1C.I. The van der Waals surface area contributed by atoms with E-state index in [1.54, 1.807) is 12.4 Å². The van der Waals surface area contributed by atoms with Crippen molar-refractivity contribution >= 4 is 58.8 Å². The number of hydrogen-bond donors (Lipinski definition) is 3. The van der Waals surface area contributed by atoms with Gasteiger partial charge in [0.25, 0.3) is 5.91 Å². The molecule has 0 aliphatic heterocycles. The van der Waals surface area contributed by atoms with E-state index in [1.165, 1.54) is 29.5 Å². The first-order valence-electron chi connectivity index (χ1n) is 8.84. The van der Waals surface area contributed by atoms with Crippen LogP contribution in [0.25, 0.3) is 0 Å². The molecule has 3 N–H and O–H groups in total. The molecule has 2 rings (SSSR count). The van der Waals surface area contributed by atoms with Crippen molar-refractivity contribution < 1.29 is 18.3 Å². The lowest BCUT2D eigenvalue weighted by Gasteiger charge is -2.13. The molecule has 7 nitrogen and oxygen atoms in total. The minimum atomic E-state index is -2.93. The molecule has 166 valence electrons. The van der Waals surface area contributed by atoms with E-state index in [0.717, 1.165) is 0 Å². The molecule has 12 heteroatoms. The van der Waals surface area contributed by atoms with Crippen LogP contribution >= 0.6 is 46.9 Å². The molecule has 0 bridgehead atoms. The van der Waals surface area contributed by atoms with Gasteiger partial charge in [0.1, 0.15) is 10.6 Å². The number of nitrogens with zero attached hydrogens (tertiary/aromatic N) is 2. The molecule has 1 amide bonds. The number of ether oxygens (including phenoxy) is 1. The number of thiazole rings is 1. The van der Waals surface area contributed by atoms with Crippen molar-refractivity contribution in [1.29, 1.82) is 0 Å². The van der Waals surface area contributed by atoms with E-state index in [2.05, 4.69) is 30.7 Å². The maximum absolute atomic E-state index is 12.6. The van der Waals surface area contributed by atoms with E-state index in [4.69, 9.17) is 11.6 Å². The normalized spacial score (nSPS) is 11.1. The highest BCUT2D eigenvalue weighted by Crippen LogP contribution is 2.25. The molecular weight excluding hydrogens is 551 g/mol. The summed E-state index contributed by atoms with van der Waals surface area (Å²) >= 11 is 7.24. The summed E-state index contributed by atoms with van der Waals surface area (Å²) in [6, 6.07) is 4.39. The topological polar surface area (TPSA) is 87.6 Å². The van der Waals surface area contributed by atoms with Crippen molar-refractivity contribution in [2.24, 2.45) is 4.99 Å². The summed E-state index contributed by atoms with van der Waals surface area (Å²) in [7, 11) is 0. The molecule has 0 aliphatic carbocycles. The Balaban J connectivity index is 0.00000450. The molecule has 1 aromatic heterocycles. The Labute approximate surface area is 199 Å². The standard InChI is InChI=1S/C18H22ClF2N5O2S.HI/c1-3-22-18(24-7-6-23-16(27)15-11(2)26-10-29-15)25-9-12-8-13(19)4-5-14(12)28-17(20)21;/h4-5,8,10,17H,3,6-7,9H2,1-2H3,(H,23,27)(H2,22,24,25);1H. The zero-order chi connectivity index (χ0) is 21.2. The van der Waals surface area contributed by atoms with Crippen LogP contribution in [0.4, 0.5) is 8.78 Å². The van der Waals surface area contributed by atoms with Crippen LogP contribution < -0.4 is 20.7 Å². The molecule has 0 saturated carbocycles. The quantitative estimate of drug-likeness (QED) is 0.184. The second kappa shape index (κ2) is 13.5. The molecule has 0 atom stereocenters. The van der Waals surface area contributed by atoms with Gasteiger partial charge in [0.05, 0.1) is 17.7 Å². The smallest absolute Gasteiger partial charge is 0.387 e. The van der Waals surface area contributed by atoms with E-state index in [-0.39, 0.29) is 42.2 Å². The molecule has 0 fully saturated rings. The number of nitrogens with one attached hydrogen (secondary N) is 3. The molecule has 0 unspecified atom stereocenters. The predicted molar refractivity (Wildman–Crippen MR) is 126 cm³/mol. The number of aromatic nitrogens is 1. The zero-order valence-corrected chi connectivity index (χ0v) is 20.3. The summed E-state index contributed by atoms with van der Waals surface area (Å²) in [5, 5.41) is 9.32. The number of hydrogen-bond acceptors (Lipinski definition) is 5. The number of benzene rings is 1. The van der Waals surface area contributed by atoms with Gasteiger partial charge in [-0.2, -0.15) is 8.78 Å². The van der Waals surface area contributed by atoms with Crippen LogP contribution in [0.5, 0.6) is 5.75 Å². The molecule has 30 heavy (non-hydrogen) atoms. The summed E-state index contributed by atoms with van der Waals surface area (Å²) < 4.78 is 29.6. The maximum Gasteiger partial charge on any atom is 0.387 e. The number of alkyl halides is 2. The average Bonchev–Trinajstić information content (AvgIpc) is 3.10. The average molecular weight is 574 g/mol. The highest BCUT2D eigenvalue weighted by atomic mass is 127. The number of amides is 1. The summed E-state index contributed by atoms with van der Waals surface area (Å²) in [5.41, 5.74) is 2.75. The van der Waals surface area contributed by atoms with E-state index < -0.39 is 6.61 Å². The highest BCUT2D eigenvalue weighted by molar-refractivity contribution is 14.0. The van der Waals surface area contributed by atoms with Gasteiger partial charge in [0.15, 0.2) is 5.96 Å². The molecule has 0 saturated heterocycles. The molecule has 1 heterocycles. The first-order valence-corrected chi connectivity index (χ1v) is 10.1. The molecule has 0 radical (unpaired) electrons. The van der Waals surface area contributed by atoms with Gasteiger partial charge in [-0.05, 0) is 32.0 Å². The van der Waals surface area contributed by atoms with Crippen molar-refractivity contribution in [3.8, 4) is 5.75 Å². The third-order valence-electron chi connectivity index (χ3n) is 3.65. The number of aryl methyl sites for hydroxylation is 1. The summed E-state index contributed by atoms with van der Waals surface area (Å²) in [6.07, 6.45) is 0. The van der Waals surface area contributed by atoms with Gasteiger partial charge in [-0.15, -0.1) is 35.3 Å². The Kier molecular flexibility index (Phi) is 11.9. The number of guanidine groups is 1. The van der Waals surface area contributed by atoms with Gasteiger partial charge < -0.3 is 20.7 Å². The van der Waals surface area contributed by atoms with Crippen LogP contribution in [0, 0.1) is 6.92 Å². The van der Waals surface area contributed by atoms with Crippen molar-refractivity contribution in [2.45, 2.75) is 27.0 Å². The summed E-state index contributed by atoms with van der Waals surface area (Å²) in [4.78, 5) is 21.1. The number of rotatable bonds is 9. The van der Waals surface area contributed by atoms with Crippen LogP contribution in [0.2, 0.25) is 5.02 Å². The van der Waals surface area contributed by atoms with E-state index in [0.29, 0.717) is 46.8 Å². The molecule has 0 aliphatic rings. The lowest BCUT2D eigenvalue weighted by atomic mass is 10.2. The van der Waals surface area contributed by atoms with Gasteiger partial charge in [-0.25, -0.2) is 9.98 Å². The number of carbonyl (C=O) groups excluding carboxylic acids is 1. The summed E-state index contributed by atoms with van der Waals surface area (Å²) in [6.45, 7) is 2.23. The second-order valence-corrected chi connectivity index (χ2v) is 7.07. The predicted octanol–water partition coefficient (Wildman–Crippen LogP) is 3.81. The first kappa shape index (κ1) is 26.3. The van der Waals surface area contributed by atoms with E-state index >= 15 is 0 Å². The Morgan fingerprint density at radius 3 is 2.67 bits per heavy atom. The Morgan fingerprint density at radius 1 is 1.30 bits per heavy atom. The van der Waals surface area contributed by atoms with Crippen molar-refractivity contribution in [1.82, 2.24) is 20.9 Å². The largest absolute Gasteiger partial charge is 0.434 e. The van der Waals surface area contributed by atoms with Crippen LogP contribution in [0.15, 0.2) is 28.7 Å². The van der Waals surface area contributed by atoms with E-state index in [1.807, 2.05) is 6.92 Å². The summed E-state index contributed by atoms with van der Waals surface area (Å²) in [5.74, 6) is 0.316. The fraction of sp³-hybridized carbons (Fsp3) is 0.389. The zero-order valence-electron chi connectivity index (χ0n) is 16.4. The molecule has 0 spiro atoms. The van der Waals surface area contributed by atoms with Gasteiger partial charge >= 0.3 is 6.61 Å². The Morgan fingerprint density at radius 2 is 2.03 bits per heavy atom. The monoisotopic (exact) mass is 573 g/mol. The maximum atomic E-state index is 12.6. The minimum absolute atomic E-state index is 0. The van der Waals surface area contributed by atoms with Gasteiger partial charge in [-0.1, -0.05) is 11.6 Å². The van der Waals surface area contributed by atoms with Crippen LogP contribution in [-0.4, -0.2) is 43.1 Å². The number of halogens is 4. The highest BCUT2D eigenvalue weighted by Gasteiger charge is 2.12. The third-order valence-corrected chi connectivity index (χ3v) is 4.81. The van der Waals surface area contributed by atoms with Crippen molar-refractivity contribution in [2.75, 3.05) is 19.6 Å². The van der Waals surface area contributed by atoms with Gasteiger partial charge in [-0.3, -0.25) is 4.79 Å². The van der Waals surface area contributed by atoms with Crippen LogP contribution in [0.3, 0.4) is 0 Å². The Hall–Kier alpha value is -1.73. The fourth-order valence-electron chi connectivity index (χ4n) is 2.35. The number of carbonyl (C=O) groups is 1. The fourth-order valence-corrected chi connectivity index (χ4v) is 3.26. The first-order chi connectivity index (χ1) is 13.9. The minimum Gasteiger partial charge on any atom is -0.434 e. The molecule has 2 aromatic rings. The molecule has 1 aromatic carbocycles.